The molecule has 6 nitrogen and oxygen atoms in total. The van der Waals surface area contributed by atoms with Crippen molar-refractivity contribution in [3.63, 3.8) is 0 Å². The number of cyclic esters (lactones) is 1. The molecule has 1 atom stereocenters. The summed E-state index contributed by atoms with van der Waals surface area (Å²) in [6, 6.07) is 7.61. The largest absolute Gasteiger partial charge is 0.453 e. The number of benzene rings is 1. The van der Waals surface area contributed by atoms with E-state index in [1.807, 2.05) is 31.2 Å². The number of nitrogens with one attached hydrogen (secondary N) is 1. The maximum atomic E-state index is 11.8. The third-order valence-corrected chi connectivity index (χ3v) is 2.85. The number of anilines is 1. The summed E-state index contributed by atoms with van der Waals surface area (Å²) in [7, 11) is 1.29. The number of nitrogens with zero attached hydrogens (tertiary/aromatic N) is 1. The average molecular weight is 264 g/mol. The lowest BCUT2D eigenvalue weighted by atomic mass is 10.2. The number of carbonyl (C=O) groups is 2. The van der Waals surface area contributed by atoms with Crippen molar-refractivity contribution in [3.8, 4) is 0 Å². The molecule has 1 fully saturated rings. The van der Waals surface area contributed by atoms with Gasteiger partial charge in [0.25, 0.3) is 0 Å². The van der Waals surface area contributed by atoms with Crippen molar-refractivity contribution in [2.75, 3.05) is 25.1 Å². The zero-order chi connectivity index (χ0) is 13.8. The Balaban J connectivity index is 1.98. The molecule has 1 saturated heterocycles. The molecule has 1 aromatic carbocycles. The number of ether oxygens (including phenoxy) is 2. The Kier molecular flexibility index (Phi) is 3.89. The highest BCUT2D eigenvalue weighted by molar-refractivity contribution is 5.89. The van der Waals surface area contributed by atoms with Gasteiger partial charge in [0.1, 0.15) is 6.10 Å². The fraction of sp³-hybridized carbons (Fsp3) is 0.385. The first-order chi connectivity index (χ1) is 9.10. The summed E-state index contributed by atoms with van der Waals surface area (Å²) in [6.07, 6.45) is -1.31. The second kappa shape index (κ2) is 5.60. The monoisotopic (exact) mass is 264 g/mol. The number of aryl methyl sites for hydroxylation is 1. The van der Waals surface area contributed by atoms with Crippen LogP contribution in [0.25, 0.3) is 0 Å². The predicted octanol–water partition coefficient (Wildman–Crippen LogP) is 1.68. The van der Waals surface area contributed by atoms with Crippen LogP contribution in [-0.4, -0.2) is 38.5 Å². The van der Waals surface area contributed by atoms with Gasteiger partial charge in [-0.15, -0.1) is 0 Å². The van der Waals surface area contributed by atoms with Gasteiger partial charge < -0.3 is 14.8 Å². The first-order valence-electron chi connectivity index (χ1n) is 5.97. The maximum absolute atomic E-state index is 11.8. The van der Waals surface area contributed by atoms with E-state index in [2.05, 4.69) is 10.1 Å². The number of alkyl carbamates (subject to hydrolysis) is 1. The quantitative estimate of drug-likeness (QED) is 0.901. The molecule has 1 unspecified atom stereocenters. The molecule has 2 rings (SSSR count). The van der Waals surface area contributed by atoms with Crippen LogP contribution >= 0.6 is 0 Å². The number of carbonyl (C=O) groups excluding carboxylic acids is 2. The minimum atomic E-state index is -0.537. The van der Waals surface area contributed by atoms with Gasteiger partial charge >= 0.3 is 12.2 Å². The minimum absolute atomic E-state index is 0.237. The first kappa shape index (κ1) is 13.2. The van der Waals surface area contributed by atoms with Crippen molar-refractivity contribution in [2.24, 2.45) is 0 Å². The van der Waals surface area contributed by atoms with Crippen molar-refractivity contribution in [3.05, 3.63) is 29.8 Å². The summed E-state index contributed by atoms with van der Waals surface area (Å²) in [5.41, 5.74) is 1.87. The van der Waals surface area contributed by atoms with Gasteiger partial charge in [-0.1, -0.05) is 12.1 Å². The van der Waals surface area contributed by atoms with Crippen molar-refractivity contribution >= 4 is 17.9 Å². The second-order valence-electron chi connectivity index (χ2n) is 4.33. The highest BCUT2D eigenvalue weighted by Gasteiger charge is 2.32. The van der Waals surface area contributed by atoms with E-state index in [1.165, 1.54) is 7.11 Å². The number of amides is 2. The van der Waals surface area contributed by atoms with E-state index in [4.69, 9.17) is 4.74 Å². The molecule has 19 heavy (non-hydrogen) atoms. The van der Waals surface area contributed by atoms with Gasteiger partial charge in [-0.3, -0.25) is 4.90 Å². The van der Waals surface area contributed by atoms with Crippen molar-refractivity contribution in [1.29, 1.82) is 0 Å². The second-order valence-corrected chi connectivity index (χ2v) is 4.33. The van der Waals surface area contributed by atoms with E-state index in [1.54, 1.807) is 4.90 Å². The molecule has 1 aliphatic heterocycles. The summed E-state index contributed by atoms with van der Waals surface area (Å²) >= 11 is 0. The van der Waals surface area contributed by atoms with Crippen LogP contribution in [0.15, 0.2) is 24.3 Å². The van der Waals surface area contributed by atoms with Gasteiger partial charge in [0, 0.05) is 5.69 Å². The molecule has 0 radical (unpaired) electrons. The van der Waals surface area contributed by atoms with Crippen molar-refractivity contribution in [1.82, 2.24) is 5.32 Å². The van der Waals surface area contributed by atoms with E-state index in [-0.39, 0.29) is 12.6 Å². The van der Waals surface area contributed by atoms with Gasteiger partial charge in [-0.05, 0) is 24.6 Å². The third kappa shape index (κ3) is 3.15. The van der Waals surface area contributed by atoms with Crippen LogP contribution in [0, 0.1) is 6.92 Å². The minimum Gasteiger partial charge on any atom is -0.453 e. The van der Waals surface area contributed by atoms with Crippen LogP contribution in [0.2, 0.25) is 0 Å². The molecule has 6 heteroatoms. The highest BCUT2D eigenvalue weighted by Crippen LogP contribution is 2.22. The van der Waals surface area contributed by atoms with Gasteiger partial charge in [-0.25, -0.2) is 9.59 Å². The molecule has 1 N–H and O–H groups in total. The van der Waals surface area contributed by atoms with E-state index >= 15 is 0 Å². The summed E-state index contributed by atoms with van der Waals surface area (Å²) in [5.74, 6) is 0. The normalized spacial score (nSPS) is 18.1. The SMILES string of the molecule is COC(=O)NCC1CN(c2cccc(C)c2)C(=O)O1. The van der Waals surface area contributed by atoms with Crippen LogP contribution < -0.4 is 10.2 Å². The van der Waals surface area contributed by atoms with E-state index in [0.29, 0.717) is 6.54 Å². The number of rotatable bonds is 3. The fourth-order valence-electron chi connectivity index (χ4n) is 1.90. The molecule has 102 valence electrons. The lowest BCUT2D eigenvalue weighted by Crippen LogP contribution is -2.34. The lowest BCUT2D eigenvalue weighted by Gasteiger charge is -2.13. The smallest absolute Gasteiger partial charge is 0.414 e. The van der Waals surface area contributed by atoms with Crippen LogP contribution in [0.4, 0.5) is 15.3 Å². The standard InChI is InChI=1S/C13H16N2O4/c1-9-4-3-5-10(6-9)15-8-11(19-13(15)17)7-14-12(16)18-2/h3-6,11H,7-8H2,1-2H3,(H,14,16). The summed E-state index contributed by atoms with van der Waals surface area (Å²) in [6.45, 7) is 2.61. The topological polar surface area (TPSA) is 67.9 Å². The first-order valence-corrected chi connectivity index (χ1v) is 5.97. The van der Waals surface area contributed by atoms with Crippen molar-refractivity contribution < 1.29 is 19.1 Å². The fourth-order valence-corrected chi connectivity index (χ4v) is 1.90. The molecular formula is C13H16N2O4. The number of hydrogen-bond acceptors (Lipinski definition) is 4. The molecule has 1 aromatic rings. The summed E-state index contributed by atoms with van der Waals surface area (Å²) < 4.78 is 9.64. The Labute approximate surface area is 111 Å². The average Bonchev–Trinajstić information content (AvgIpc) is 2.77. The molecule has 0 saturated carbocycles. The number of methoxy groups -OCH3 is 1. The number of hydrogen-bond donors (Lipinski definition) is 1. The molecule has 0 bridgehead atoms. The third-order valence-electron chi connectivity index (χ3n) is 2.85. The lowest BCUT2D eigenvalue weighted by molar-refractivity contribution is 0.132. The van der Waals surface area contributed by atoms with Crippen LogP contribution in [0.1, 0.15) is 5.56 Å². The van der Waals surface area contributed by atoms with Crippen LogP contribution in [-0.2, 0) is 9.47 Å². The Hall–Kier alpha value is -2.24. The highest BCUT2D eigenvalue weighted by atomic mass is 16.6. The van der Waals surface area contributed by atoms with Crippen LogP contribution in [0.3, 0.4) is 0 Å². The predicted molar refractivity (Wildman–Crippen MR) is 69.2 cm³/mol. The Morgan fingerprint density at radius 3 is 3.05 bits per heavy atom. The summed E-state index contributed by atoms with van der Waals surface area (Å²) in [5, 5.41) is 2.51. The molecule has 0 aromatic heterocycles. The van der Waals surface area contributed by atoms with E-state index in [0.717, 1.165) is 11.3 Å². The molecule has 0 spiro atoms. The van der Waals surface area contributed by atoms with E-state index < -0.39 is 12.2 Å². The molecule has 1 heterocycles. The Morgan fingerprint density at radius 1 is 1.58 bits per heavy atom. The molecule has 1 aliphatic rings. The molecular weight excluding hydrogens is 248 g/mol. The van der Waals surface area contributed by atoms with Gasteiger partial charge in [0.05, 0.1) is 20.2 Å². The molecule has 0 aliphatic carbocycles. The van der Waals surface area contributed by atoms with Gasteiger partial charge in [0.15, 0.2) is 0 Å². The van der Waals surface area contributed by atoms with Crippen LogP contribution in [0.5, 0.6) is 0 Å². The van der Waals surface area contributed by atoms with Gasteiger partial charge in [0.2, 0.25) is 0 Å². The zero-order valence-corrected chi connectivity index (χ0v) is 10.9. The molecule has 2 amide bonds. The van der Waals surface area contributed by atoms with Gasteiger partial charge in [-0.2, -0.15) is 0 Å². The Morgan fingerprint density at radius 2 is 2.37 bits per heavy atom. The maximum Gasteiger partial charge on any atom is 0.414 e. The van der Waals surface area contributed by atoms with E-state index in [9.17, 15) is 9.59 Å². The summed E-state index contributed by atoms with van der Waals surface area (Å²) in [4.78, 5) is 24.3. The zero-order valence-electron chi connectivity index (χ0n) is 10.9. The Bertz CT molecular complexity index is 489. The van der Waals surface area contributed by atoms with Crippen molar-refractivity contribution in [2.45, 2.75) is 13.0 Å².